The van der Waals surface area contributed by atoms with Crippen LogP contribution in [-0.4, -0.2) is 24.5 Å². The van der Waals surface area contributed by atoms with Crippen molar-refractivity contribution in [3.05, 3.63) is 101 Å². The smallest absolute Gasteiger partial charge is 0.254 e. The second-order valence-electron chi connectivity index (χ2n) is 6.60. The van der Waals surface area contributed by atoms with Crippen LogP contribution >= 0.6 is 0 Å². The minimum Gasteiger partial charge on any atom is -0.497 e. The third kappa shape index (κ3) is 3.19. The van der Waals surface area contributed by atoms with Crippen LogP contribution in [0.5, 0.6) is 5.75 Å². The Balaban J connectivity index is 1.78. The molecule has 1 atom stereocenters. The van der Waals surface area contributed by atoms with Gasteiger partial charge in [-0.3, -0.25) is 4.79 Å². The number of nitrogens with zero attached hydrogens (tertiary/aromatic N) is 1. The van der Waals surface area contributed by atoms with Crippen molar-refractivity contribution in [2.24, 2.45) is 0 Å². The number of methoxy groups -OCH3 is 1. The van der Waals surface area contributed by atoms with E-state index in [0.717, 1.165) is 17.5 Å². The predicted octanol–water partition coefficient (Wildman–Crippen LogP) is 4.62. The van der Waals surface area contributed by atoms with E-state index in [0.29, 0.717) is 23.4 Å². The van der Waals surface area contributed by atoms with Crippen molar-refractivity contribution in [3.8, 4) is 5.75 Å². The summed E-state index contributed by atoms with van der Waals surface area (Å²) in [5.41, 5.74) is 3.23. The van der Waals surface area contributed by atoms with Gasteiger partial charge in [0.15, 0.2) is 0 Å². The summed E-state index contributed by atoms with van der Waals surface area (Å²) in [6, 6.07) is 21.2. The third-order valence-electron chi connectivity index (χ3n) is 5.08. The Morgan fingerprint density at radius 3 is 2.33 bits per heavy atom. The first kappa shape index (κ1) is 17.3. The minimum atomic E-state index is -0.439. The van der Waals surface area contributed by atoms with Gasteiger partial charge in [0.25, 0.3) is 5.91 Å². The van der Waals surface area contributed by atoms with E-state index >= 15 is 0 Å². The van der Waals surface area contributed by atoms with Gasteiger partial charge in [0.2, 0.25) is 0 Å². The molecule has 4 rings (SSSR count). The molecule has 3 aromatic rings. The number of halogens is 1. The van der Waals surface area contributed by atoms with E-state index in [2.05, 4.69) is 6.07 Å². The van der Waals surface area contributed by atoms with Crippen molar-refractivity contribution in [2.75, 3.05) is 13.7 Å². The molecule has 1 aliphatic heterocycles. The Hall–Kier alpha value is -3.14. The van der Waals surface area contributed by atoms with Crippen molar-refractivity contribution >= 4 is 5.91 Å². The number of carbonyl (C=O) groups is 1. The number of rotatable bonds is 3. The average Bonchev–Trinajstić information content (AvgIpc) is 2.73. The Morgan fingerprint density at radius 2 is 1.63 bits per heavy atom. The summed E-state index contributed by atoms with van der Waals surface area (Å²) in [5, 5.41) is 0. The van der Waals surface area contributed by atoms with E-state index in [1.165, 1.54) is 6.07 Å². The van der Waals surface area contributed by atoms with E-state index in [9.17, 15) is 9.18 Å². The van der Waals surface area contributed by atoms with E-state index in [1.807, 2.05) is 24.3 Å². The molecule has 0 fully saturated rings. The first-order chi connectivity index (χ1) is 13.2. The van der Waals surface area contributed by atoms with Crippen LogP contribution < -0.4 is 4.74 Å². The lowest BCUT2D eigenvalue weighted by atomic mass is 9.87. The number of carbonyl (C=O) groups excluding carboxylic acids is 1. The highest BCUT2D eigenvalue weighted by Gasteiger charge is 2.33. The molecule has 1 amide bonds. The van der Waals surface area contributed by atoms with E-state index < -0.39 is 6.04 Å². The number of hydrogen-bond acceptors (Lipinski definition) is 2. The molecular weight excluding hydrogens is 341 g/mol. The number of benzene rings is 3. The van der Waals surface area contributed by atoms with Gasteiger partial charge in [-0.25, -0.2) is 4.39 Å². The molecule has 0 aliphatic carbocycles. The Morgan fingerprint density at radius 1 is 0.963 bits per heavy atom. The molecule has 0 spiro atoms. The summed E-state index contributed by atoms with van der Waals surface area (Å²) in [6.07, 6.45) is 0.753. The number of fused-ring (bicyclic) bond motifs is 1. The number of ether oxygens (including phenoxy) is 1. The van der Waals surface area contributed by atoms with Crippen LogP contribution in [0, 0.1) is 5.82 Å². The normalized spacial score (nSPS) is 15.9. The molecule has 1 heterocycles. The van der Waals surface area contributed by atoms with Gasteiger partial charge in [-0.2, -0.15) is 0 Å². The molecule has 0 bridgehead atoms. The fourth-order valence-electron chi connectivity index (χ4n) is 3.72. The summed E-state index contributed by atoms with van der Waals surface area (Å²) in [7, 11) is 1.59. The second kappa shape index (κ2) is 7.23. The van der Waals surface area contributed by atoms with Gasteiger partial charge in [0, 0.05) is 17.7 Å². The molecule has 0 saturated heterocycles. The zero-order chi connectivity index (χ0) is 18.8. The summed E-state index contributed by atoms with van der Waals surface area (Å²) >= 11 is 0. The maximum absolute atomic E-state index is 14.7. The van der Waals surface area contributed by atoms with Gasteiger partial charge in [0.1, 0.15) is 11.6 Å². The molecule has 3 aromatic carbocycles. The zero-order valence-electron chi connectivity index (χ0n) is 15.1. The molecular formula is C23H20FNO2. The summed E-state index contributed by atoms with van der Waals surface area (Å²) in [6.45, 7) is 0.543. The van der Waals surface area contributed by atoms with Gasteiger partial charge in [-0.1, -0.05) is 42.5 Å². The van der Waals surface area contributed by atoms with Crippen LogP contribution in [0.4, 0.5) is 4.39 Å². The second-order valence-corrected chi connectivity index (χ2v) is 6.60. The average molecular weight is 361 g/mol. The highest BCUT2D eigenvalue weighted by Crippen LogP contribution is 2.37. The predicted molar refractivity (Wildman–Crippen MR) is 102 cm³/mol. The standard InChI is InChI=1S/C23H20FNO2/c1-27-18-12-10-17(11-13-18)23(26)25-15-14-16-6-2-3-7-19(16)22(25)20-8-4-5-9-21(20)24/h2-13,22H,14-15H2,1H3. The minimum absolute atomic E-state index is 0.111. The van der Waals surface area contributed by atoms with Crippen LogP contribution in [0.3, 0.4) is 0 Å². The highest BCUT2D eigenvalue weighted by molar-refractivity contribution is 5.95. The molecule has 136 valence electrons. The third-order valence-corrected chi connectivity index (χ3v) is 5.08. The molecule has 27 heavy (non-hydrogen) atoms. The molecule has 0 radical (unpaired) electrons. The Labute approximate surface area is 158 Å². The van der Waals surface area contributed by atoms with Gasteiger partial charge in [-0.05, 0) is 47.9 Å². The molecule has 0 saturated carbocycles. The first-order valence-corrected chi connectivity index (χ1v) is 8.96. The largest absolute Gasteiger partial charge is 0.497 e. The van der Waals surface area contributed by atoms with Crippen molar-refractivity contribution in [2.45, 2.75) is 12.5 Å². The molecule has 3 nitrogen and oxygen atoms in total. The van der Waals surface area contributed by atoms with E-state index in [4.69, 9.17) is 4.74 Å². The molecule has 0 N–H and O–H groups in total. The van der Waals surface area contributed by atoms with Crippen molar-refractivity contribution < 1.29 is 13.9 Å². The summed E-state index contributed by atoms with van der Waals surface area (Å²) < 4.78 is 19.8. The summed E-state index contributed by atoms with van der Waals surface area (Å²) in [5.74, 6) is 0.285. The Bertz CT molecular complexity index is 968. The first-order valence-electron chi connectivity index (χ1n) is 8.96. The lowest BCUT2D eigenvalue weighted by molar-refractivity contribution is 0.0692. The SMILES string of the molecule is COc1ccc(C(=O)N2CCc3ccccc3C2c2ccccc2F)cc1. The summed E-state index contributed by atoms with van der Waals surface area (Å²) in [4.78, 5) is 15.0. The van der Waals surface area contributed by atoms with E-state index in [1.54, 1.807) is 48.4 Å². The van der Waals surface area contributed by atoms with Gasteiger partial charge in [0.05, 0.1) is 13.2 Å². The number of hydrogen-bond donors (Lipinski definition) is 0. The molecule has 1 unspecified atom stereocenters. The number of amides is 1. The van der Waals surface area contributed by atoms with Crippen LogP contribution in [-0.2, 0) is 6.42 Å². The lowest BCUT2D eigenvalue weighted by Gasteiger charge is -2.38. The van der Waals surface area contributed by atoms with Crippen LogP contribution in [0.2, 0.25) is 0 Å². The monoisotopic (exact) mass is 361 g/mol. The molecule has 0 aromatic heterocycles. The van der Waals surface area contributed by atoms with Crippen molar-refractivity contribution in [1.82, 2.24) is 4.90 Å². The van der Waals surface area contributed by atoms with Crippen LogP contribution in [0.25, 0.3) is 0 Å². The van der Waals surface area contributed by atoms with Gasteiger partial charge in [-0.15, -0.1) is 0 Å². The van der Waals surface area contributed by atoms with E-state index in [-0.39, 0.29) is 11.7 Å². The highest BCUT2D eigenvalue weighted by atomic mass is 19.1. The van der Waals surface area contributed by atoms with Crippen LogP contribution in [0.1, 0.15) is 33.1 Å². The lowest BCUT2D eigenvalue weighted by Crippen LogP contribution is -2.41. The fourth-order valence-corrected chi connectivity index (χ4v) is 3.72. The van der Waals surface area contributed by atoms with Crippen molar-refractivity contribution in [1.29, 1.82) is 0 Å². The van der Waals surface area contributed by atoms with Crippen molar-refractivity contribution in [3.63, 3.8) is 0 Å². The topological polar surface area (TPSA) is 29.5 Å². The maximum atomic E-state index is 14.7. The Kier molecular flexibility index (Phi) is 4.63. The van der Waals surface area contributed by atoms with Gasteiger partial charge < -0.3 is 9.64 Å². The quantitative estimate of drug-likeness (QED) is 0.681. The maximum Gasteiger partial charge on any atom is 0.254 e. The molecule has 4 heteroatoms. The van der Waals surface area contributed by atoms with Gasteiger partial charge >= 0.3 is 0 Å². The zero-order valence-corrected chi connectivity index (χ0v) is 15.1. The molecule has 1 aliphatic rings. The van der Waals surface area contributed by atoms with Crippen LogP contribution in [0.15, 0.2) is 72.8 Å². The fraction of sp³-hybridized carbons (Fsp3) is 0.174.